The smallest absolute Gasteiger partial charge is 0.399 e. The van der Waals surface area contributed by atoms with Crippen molar-refractivity contribution in [3.63, 3.8) is 0 Å². The summed E-state index contributed by atoms with van der Waals surface area (Å²) in [5.74, 6) is 0. The molecule has 1 aromatic rings. The van der Waals surface area contributed by atoms with Gasteiger partial charge in [-0.25, -0.2) is 0 Å². The molecule has 1 fully saturated rings. The minimum atomic E-state index is -3.66. The number of nitrogens with one attached hydrogen (secondary N) is 1. The number of anilines is 1. The van der Waals surface area contributed by atoms with Crippen LogP contribution in [-0.2, 0) is 19.3 Å². The second-order valence-electron chi connectivity index (χ2n) is 6.20. The van der Waals surface area contributed by atoms with E-state index in [4.69, 9.17) is 9.31 Å². The first-order valence-electron chi connectivity index (χ1n) is 6.67. The van der Waals surface area contributed by atoms with Gasteiger partial charge in [0.25, 0.3) is 10.0 Å². The van der Waals surface area contributed by atoms with Gasteiger partial charge in [0.05, 0.1) is 16.9 Å². The fourth-order valence-corrected chi connectivity index (χ4v) is 3.21. The molecule has 0 bridgehead atoms. The van der Waals surface area contributed by atoms with E-state index in [0.717, 1.165) is 0 Å². The predicted octanol–water partition coefficient (Wildman–Crippen LogP) is 1.13. The van der Waals surface area contributed by atoms with Gasteiger partial charge in [0, 0.05) is 0 Å². The SMILES string of the molecule is CC1(C)OB(c2ccc3c(c2)S(=O)(=O)N=CN3)OC1(C)C. The topological polar surface area (TPSA) is 77.0 Å². The van der Waals surface area contributed by atoms with E-state index in [2.05, 4.69) is 9.71 Å². The third-order valence-electron chi connectivity index (χ3n) is 4.22. The number of hydrogen-bond acceptors (Lipinski definition) is 5. The Labute approximate surface area is 124 Å². The molecule has 2 aliphatic rings. The minimum Gasteiger partial charge on any atom is -0.399 e. The number of rotatable bonds is 1. The molecule has 1 N–H and O–H groups in total. The Morgan fingerprint density at radius 1 is 1.14 bits per heavy atom. The molecule has 112 valence electrons. The third-order valence-corrected chi connectivity index (χ3v) is 5.50. The summed E-state index contributed by atoms with van der Waals surface area (Å²) in [6, 6.07) is 5.04. The zero-order valence-electron chi connectivity index (χ0n) is 12.4. The summed E-state index contributed by atoms with van der Waals surface area (Å²) in [5.41, 5.74) is 0.228. The number of benzene rings is 1. The number of sulfonamides is 1. The molecule has 0 spiro atoms. The maximum absolute atomic E-state index is 12.0. The van der Waals surface area contributed by atoms with E-state index in [1.165, 1.54) is 6.34 Å². The highest BCUT2D eigenvalue weighted by Gasteiger charge is 2.51. The lowest BCUT2D eigenvalue weighted by Crippen LogP contribution is -2.41. The van der Waals surface area contributed by atoms with Gasteiger partial charge in [0.2, 0.25) is 0 Å². The van der Waals surface area contributed by atoms with Crippen molar-refractivity contribution in [1.82, 2.24) is 0 Å². The predicted molar refractivity (Wildman–Crippen MR) is 81.5 cm³/mol. The molecule has 0 aliphatic carbocycles. The Hall–Kier alpha value is -1.38. The molecule has 0 atom stereocenters. The highest BCUT2D eigenvalue weighted by molar-refractivity contribution is 7.90. The summed E-state index contributed by atoms with van der Waals surface area (Å²) >= 11 is 0. The molecule has 0 aromatic heterocycles. The van der Waals surface area contributed by atoms with Crippen molar-refractivity contribution < 1.29 is 17.7 Å². The van der Waals surface area contributed by atoms with Crippen molar-refractivity contribution in [2.24, 2.45) is 4.40 Å². The lowest BCUT2D eigenvalue weighted by molar-refractivity contribution is 0.00578. The highest BCUT2D eigenvalue weighted by atomic mass is 32.2. The molecule has 6 nitrogen and oxygen atoms in total. The van der Waals surface area contributed by atoms with E-state index in [-0.39, 0.29) is 4.90 Å². The summed E-state index contributed by atoms with van der Waals surface area (Å²) in [6.45, 7) is 7.81. The first kappa shape index (κ1) is 14.6. The van der Waals surface area contributed by atoms with Crippen LogP contribution in [0, 0.1) is 0 Å². The highest BCUT2D eigenvalue weighted by Crippen LogP contribution is 2.37. The first-order valence-corrected chi connectivity index (χ1v) is 8.11. The van der Waals surface area contributed by atoms with Crippen LogP contribution in [0.5, 0.6) is 0 Å². The van der Waals surface area contributed by atoms with E-state index < -0.39 is 28.3 Å². The van der Waals surface area contributed by atoms with Gasteiger partial charge in [-0.2, -0.15) is 8.42 Å². The van der Waals surface area contributed by atoms with Crippen LogP contribution < -0.4 is 10.8 Å². The lowest BCUT2D eigenvalue weighted by Gasteiger charge is -2.32. The second-order valence-corrected chi connectivity index (χ2v) is 7.80. The lowest BCUT2D eigenvalue weighted by atomic mass is 9.79. The van der Waals surface area contributed by atoms with Crippen LogP contribution in [-0.4, -0.2) is 33.1 Å². The van der Waals surface area contributed by atoms with Gasteiger partial charge in [-0.05, 0) is 45.3 Å². The van der Waals surface area contributed by atoms with Crippen LogP contribution in [0.2, 0.25) is 0 Å². The minimum absolute atomic E-state index is 0.136. The molecule has 0 saturated carbocycles. The average Bonchev–Trinajstić information content (AvgIpc) is 2.58. The van der Waals surface area contributed by atoms with Crippen LogP contribution in [0.4, 0.5) is 5.69 Å². The molecule has 0 unspecified atom stereocenters. The van der Waals surface area contributed by atoms with Crippen molar-refractivity contribution in [2.45, 2.75) is 43.8 Å². The molecule has 3 rings (SSSR count). The van der Waals surface area contributed by atoms with E-state index in [0.29, 0.717) is 11.2 Å². The van der Waals surface area contributed by atoms with Crippen LogP contribution in [0.15, 0.2) is 27.5 Å². The Bertz CT molecular complexity index is 712. The number of hydrogen-bond donors (Lipinski definition) is 1. The molecule has 1 aromatic carbocycles. The summed E-state index contributed by atoms with van der Waals surface area (Å²) in [4.78, 5) is 0.136. The van der Waals surface area contributed by atoms with Crippen molar-refractivity contribution in [3.05, 3.63) is 18.2 Å². The Morgan fingerprint density at radius 3 is 2.38 bits per heavy atom. The van der Waals surface area contributed by atoms with Gasteiger partial charge < -0.3 is 14.6 Å². The van der Waals surface area contributed by atoms with E-state index >= 15 is 0 Å². The molecule has 0 radical (unpaired) electrons. The molecule has 0 amide bonds. The fourth-order valence-electron chi connectivity index (χ4n) is 2.22. The van der Waals surface area contributed by atoms with Crippen LogP contribution in [0.25, 0.3) is 0 Å². The molecular weight excluding hydrogens is 291 g/mol. The monoisotopic (exact) mass is 308 g/mol. The zero-order chi connectivity index (χ0) is 15.5. The summed E-state index contributed by atoms with van der Waals surface area (Å²) in [5, 5.41) is 2.82. The van der Waals surface area contributed by atoms with E-state index in [1.54, 1.807) is 18.2 Å². The van der Waals surface area contributed by atoms with Crippen LogP contribution in [0.3, 0.4) is 0 Å². The summed E-state index contributed by atoms with van der Waals surface area (Å²) in [6.07, 6.45) is 1.17. The molecule has 2 aliphatic heterocycles. The third kappa shape index (κ3) is 2.27. The largest absolute Gasteiger partial charge is 0.494 e. The van der Waals surface area contributed by atoms with Crippen LogP contribution >= 0.6 is 0 Å². The van der Waals surface area contributed by atoms with Gasteiger partial charge in [-0.3, -0.25) is 0 Å². The fraction of sp³-hybridized carbons (Fsp3) is 0.462. The maximum atomic E-state index is 12.0. The van der Waals surface area contributed by atoms with E-state index in [9.17, 15) is 8.42 Å². The Morgan fingerprint density at radius 2 is 1.76 bits per heavy atom. The summed E-state index contributed by atoms with van der Waals surface area (Å²) < 4.78 is 39.3. The average molecular weight is 308 g/mol. The standard InChI is InChI=1S/C13H17BN2O4S/c1-12(2)13(3,4)20-14(19-12)9-5-6-10-11(7-9)21(17,18)16-8-15-10/h5-8H,1-4H3,(H,15,16). The zero-order valence-corrected chi connectivity index (χ0v) is 13.2. The molecular formula is C13H17BN2O4S. The first-order chi connectivity index (χ1) is 9.62. The van der Waals surface area contributed by atoms with Crippen molar-refractivity contribution in [1.29, 1.82) is 0 Å². The van der Waals surface area contributed by atoms with Crippen LogP contribution in [0.1, 0.15) is 27.7 Å². The Balaban J connectivity index is 2.01. The van der Waals surface area contributed by atoms with Crippen molar-refractivity contribution in [3.8, 4) is 0 Å². The molecule has 1 saturated heterocycles. The number of fused-ring (bicyclic) bond motifs is 1. The Kier molecular flexibility index (Phi) is 2.99. The molecule has 8 heteroatoms. The number of nitrogens with zero attached hydrogens (tertiary/aromatic N) is 1. The maximum Gasteiger partial charge on any atom is 0.494 e. The van der Waals surface area contributed by atoms with E-state index in [1.807, 2.05) is 27.7 Å². The quantitative estimate of drug-likeness (QED) is 0.787. The van der Waals surface area contributed by atoms with Crippen molar-refractivity contribution in [2.75, 3.05) is 5.32 Å². The molecule has 2 heterocycles. The molecule has 21 heavy (non-hydrogen) atoms. The van der Waals surface area contributed by atoms with Gasteiger partial charge in [0.15, 0.2) is 0 Å². The van der Waals surface area contributed by atoms with Gasteiger partial charge in [0.1, 0.15) is 11.2 Å². The van der Waals surface area contributed by atoms with Crippen molar-refractivity contribution >= 4 is 34.6 Å². The normalized spacial score (nSPS) is 24.5. The summed E-state index contributed by atoms with van der Waals surface area (Å²) in [7, 11) is -4.25. The van der Waals surface area contributed by atoms with Gasteiger partial charge in [-0.1, -0.05) is 6.07 Å². The second kappa shape index (κ2) is 4.31. The van der Waals surface area contributed by atoms with Gasteiger partial charge in [-0.15, -0.1) is 4.40 Å². The van der Waals surface area contributed by atoms with Gasteiger partial charge >= 0.3 is 7.12 Å².